The molecule has 2 rings (SSSR count). The fourth-order valence-corrected chi connectivity index (χ4v) is 5.27. The third-order valence-corrected chi connectivity index (χ3v) is 9.46. The Kier molecular flexibility index (Phi) is 7.35. The first-order valence-electron chi connectivity index (χ1n) is 7.39. The number of carbonyl (C=O) groups excluding carboxylic acids is 1. The molecule has 0 saturated carbocycles. The molecule has 0 unspecified atom stereocenters. The molecule has 0 bridgehead atoms. The van der Waals surface area contributed by atoms with Gasteiger partial charge in [0.25, 0.3) is 0 Å². The predicted molar refractivity (Wildman–Crippen MR) is 123 cm³/mol. The highest BCUT2D eigenvalue weighted by molar-refractivity contribution is 14.1. The molecule has 0 atom stereocenters. The Labute approximate surface area is 193 Å². The summed E-state index contributed by atoms with van der Waals surface area (Å²) >= 11 is 6.55. The molecule has 0 spiro atoms. The first-order chi connectivity index (χ1) is 11.9. The molecule has 26 heavy (non-hydrogen) atoms. The van der Waals surface area contributed by atoms with Crippen molar-refractivity contribution >= 4 is 83.9 Å². The van der Waals surface area contributed by atoms with Gasteiger partial charge in [-0.1, -0.05) is 13.8 Å². The van der Waals surface area contributed by atoms with E-state index in [1.807, 2.05) is 0 Å². The van der Waals surface area contributed by atoms with Crippen LogP contribution in [0.3, 0.4) is 0 Å². The molecule has 0 fully saturated rings. The molecule has 9 heteroatoms. The second kappa shape index (κ2) is 8.57. The minimum absolute atomic E-state index is 0.235. The third kappa shape index (κ3) is 5.08. The molecule has 2 aromatic carbocycles. The molecule has 5 nitrogen and oxygen atoms in total. The second-order valence-corrected chi connectivity index (χ2v) is 10.7. The summed E-state index contributed by atoms with van der Waals surface area (Å²) in [5, 5.41) is 0. The van der Waals surface area contributed by atoms with Gasteiger partial charge in [-0.05, 0) is 116 Å². The van der Waals surface area contributed by atoms with Gasteiger partial charge in [0.1, 0.15) is 15.9 Å². The quantitative estimate of drug-likeness (QED) is 0.146. The molecule has 0 aliphatic heterocycles. The lowest BCUT2D eigenvalue weighted by molar-refractivity contribution is 0.0733. The van der Waals surface area contributed by atoms with E-state index in [9.17, 15) is 17.8 Å². The van der Waals surface area contributed by atoms with Crippen LogP contribution in [0.5, 0.6) is 5.75 Å². The Morgan fingerprint density at radius 2 is 1.62 bits per heavy atom. The highest BCUT2D eigenvalue weighted by Gasteiger charge is 2.20. The number of rotatable bonds is 4. The van der Waals surface area contributed by atoms with Crippen LogP contribution in [-0.4, -0.2) is 18.9 Å². The van der Waals surface area contributed by atoms with E-state index in [0.717, 1.165) is 10.7 Å². The molecule has 0 N–H and O–H groups in total. The van der Waals surface area contributed by atoms with Crippen LogP contribution in [0.25, 0.3) is 0 Å². The summed E-state index contributed by atoms with van der Waals surface area (Å²) in [5.74, 6) is -0.414. The van der Waals surface area contributed by atoms with Gasteiger partial charge in [0, 0.05) is 10.7 Å². The highest BCUT2D eigenvalue weighted by Crippen LogP contribution is 2.30. The molecular weight excluding hydrogens is 697 g/mol. The fraction of sp³-hybridized carbons (Fsp3) is 0.235. The van der Waals surface area contributed by atoms with Crippen molar-refractivity contribution in [2.75, 3.05) is 0 Å². The van der Waals surface area contributed by atoms with E-state index in [1.165, 1.54) is 12.1 Å². The number of benzene rings is 2. The number of halogens is 3. The molecule has 2 aromatic rings. The first-order valence-corrected chi connectivity index (χ1v) is 12.0. The lowest BCUT2D eigenvalue weighted by Crippen LogP contribution is -2.14. The van der Waals surface area contributed by atoms with Gasteiger partial charge in [-0.25, -0.2) is 13.2 Å². The largest absolute Gasteiger partial charge is 0.744 e. The molecule has 0 aliphatic carbocycles. The van der Waals surface area contributed by atoms with Crippen LogP contribution in [0.4, 0.5) is 0 Å². The maximum atomic E-state index is 12.6. The average molecular weight is 711 g/mol. The topological polar surface area (TPSA) is 83.5 Å². The lowest BCUT2D eigenvalue weighted by Gasteiger charge is -2.18. The average Bonchev–Trinajstić information content (AvgIpc) is 2.50. The van der Waals surface area contributed by atoms with Crippen molar-refractivity contribution in [3.05, 3.63) is 51.7 Å². The molecular formula is C17H14I3O5S-. The summed E-state index contributed by atoms with van der Waals surface area (Å²) in [5.41, 5.74) is 0.928. The summed E-state index contributed by atoms with van der Waals surface area (Å²) in [6.07, 6.45) is 0. The highest BCUT2D eigenvalue weighted by atomic mass is 127. The zero-order valence-corrected chi connectivity index (χ0v) is 21.3. The Hall–Kier alpha value is 0.0100. The fourth-order valence-electron chi connectivity index (χ4n) is 2.34. The number of esters is 1. The Morgan fingerprint density at radius 3 is 2.08 bits per heavy atom. The van der Waals surface area contributed by atoms with Gasteiger partial charge in [0.15, 0.2) is 0 Å². The second-order valence-electron chi connectivity index (χ2n) is 5.90. The van der Waals surface area contributed by atoms with Crippen molar-refractivity contribution in [3.63, 3.8) is 0 Å². The van der Waals surface area contributed by atoms with Crippen LogP contribution in [0.2, 0.25) is 0 Å². The van der Waals surface area contributed by atoms with E-state index in [-0.39, 0.29) is 16.4 Å². The molecule has 140 valence electrons. The van der Waals surface area contributed by atoms with E-state index < -0.39 is 16.1 Å². The van der Waals surface area contributed by atoms with Crippen LogP contribution >= 0.6 is 67.8 Å². The maximum Gasteiger partial charge on any atom is 0.343 e. The smallest absolute Gasteiger partial charge is 0.343 e. The van der Waals surface area contributed by atoms with Crippen LogP contribution < -0.4 is 4.74 Å². The summed E-state index contributed by atoms with van der Waals surface area (Å²) < 4.78 is 43.0. The van der Waals surface area contributed by atoms with Crippen molar-refractivity contribution in [2.45, 2.75) is 31.6 Å². The number of aryl methyl sites for hydroxylation is 1. The SMILES string of the molecule is Cc1cc(S(=O)(=O)[O-])c(C(C)C)cc1C(=O)Oc1cc(I)c(I)c(I)c1. The van der Waals surface area contributed by atoms with Crippen molar-refractivity contribution in [3.8, 4) is 5.75 Å². The zero-order valence-electron chi connectivity index (χ0n) is 14.0. The molecule has 0 radical (unpaired) electrons. The number of hydrogen-bond donors (Lipinski definition) is 0. The molecule has 0 heterocycles. The maximum absolute atomic E-state index is 12.6. The van der Waals surface area contributed by atoms with E-state index in [0.29, 0.717) is 16.9 Å². The van der Waals surface area contributed by atoms with Crippen molar-refractivity contribution < 1.29 is 22.5 Å². The Balaban J connectivity index is 2.48. The van der Waals surface area contributed by atoms with Crippen molar-refractivity contribution in [1.82, 2.24) is 0 Å². The van der Waals surface area contributed by atoms with Gasteiger partial charge >= 0.3 is 5.97 Å². The van der Waals surface area contributed by atoms with Gasteiger partial charge in [-0.2, -0.15) is 0 Å². The van der Waals surface area contributed by atoms with Gasteiger partial charge in [0.2, 0.25) is 0 Å². The first kappa shape index (κ1) is 22.3. The minimum Gasteiger partial charge on any atom is -0.744 e. The van der Waals surface area contributed by atoms with Crippen LogP contribution in [0.1, 0.15) is 41.3 Å². The Morgan fingerprint density at radius 1 is 1.08 bits per heavy atom. The van der Waals surface area contributed by atoms with Crippen molar-refractivity contribution in [2.24, 2.45) is 0 Å². The third-order valence-electron chi connectivity index (χ3n) is 3.64. The lowest BCUT2D eigenvalue weighted by atomic mass is 9.97. The van der Waals surface area contributed by atoms with E-state index in [4.69, 9.17) is 4.74 Å². The van der Waals surface area contributed by atoms with E-state index in [1.54, 1.807) is 32.9 Å². The summed E-state index contributed by atoms with van der Waals surface area (Å²) in [4.78, 5) is 12.3. The normalized spacial score (nSPS) is 11.7. The monoisotopic (exact) mass is 711 g/mol. The van der Waals surface area contributed by atoms with Crippen molar-refractivity contribution in [1.29, 1.82) is 0 Å². The van der Waals surface area contributed by atoms with Gasteiger partial charge in [-0.15, -0.1) is 0 Å². The molecule has 0 saturated heterocycles. The number of carbonyl (C=O) groups is 1. The molecule has 0 aliphatic rings. The van der Waals surface area contributed by atoms with Gasteiger partial charge < -0.3 is 9.29 Å². The van der Waals surface area contributed by atoms with Crippen LogP contribution in [0, 0.1) is 17.6 Å². The Bertz CT molecular complexity index is 961. The molecule has 0 amide bonds. The minimum atomic E-state index is -4.62. The van der Waals surface area contributed by atoms with Gasteiger partial charge in [-0.3, -0.25) is 0 Å². The van der Waals surface area contributed by atoms with Gasteiger partial charge in [0.05, 0.1) is 10.5 Å². The predicted octanol–water partition coefficient (Wildman–Crippen LogP) is 5.06. The zero-order chi connectivity index (χ0) is 19.8. The van der Waals surface area contributed by atoms with E-state index in [2.05, 4.69) is 67.8 Å². The van der Waals surface area contributed by atoms with E-state index >= 15 is 0 Å². The standard InChI is InChI=1S/C17H15I3O5S/c1-8(2)11-7-12(9(3)4-15(11)26(22,23)24)17(21)25-10-5-13(18)16(20)14(19)6-10/h4-8H,1-3H3,(H,22,23,24)/p-1. The number of ether oxygens (including phenoxy) is 1. The summed E-state index contributed by atoms with van der Waals surface area (Å²) in [6.45, 7) is 5.10. The summed E-state index contributed by atoms with van der Waals surface area (Å²) in [7, 11) is -4.62. The molecule has 0 aromatic heterocycles. The number of hydrogen-bond acceptors (Lipinski definition) is 5. The van der Waals surface area contributed by atoms with Crippen LogP contribution in [-0.2, 0) is 10.1 Å². The van der Waals surface area contributed by atoms with Crippen LogP contribution in [0.15, 0.2) is 29.2 Å². The summed E-state index contributed by atoms with van der Waals surface area (Å²) in [6, 6.07) is 6.21.